The number of piperidine rings is 1. The summed E-state index contributed by atoms with van der Waals surface area (Å²) in [6.07, 6.45) is 7.16. The second-order valence-electron chi connectivity index (χ2n) is 9.96. The summed E-state index contributed by atoms with van der Waals surface area (Å²) < 4.78 is 18.5. The molecule has 2 aromatic carbocycles. The average Bonchev–Trinajstić information content (AvgIpc) is 3.30. The first-order chi connectivity index (χ1) is 17.0. The highest BCUT2D eigenvalue weighted by molar-refractivity contribution is 5.83. The molecule has 0 unspecified atom stereocenters. The van der Waals surface area contributed by atoms with Gasteiger partial charge in [-0.05, 0) is 87.4 Å². The second-order valence-corrected chi connectivity index (χ2v) is 9.96. The Hall–Kier alpha value is -2.70. The number of carbonyl (C=O) groups is 1. The summed E-state index contributed by atoms with van der Waals surface area (Å²) in [6.45, 7) is 4.48. The van der Waals surface area contributed by atoms with Crippen molar-refractivity contribution in [2.75, 3.05) is 33.9 Å². The second kappa shape index (κ2) is 11.8. The van der Waals surface area contributed by atoms with Crippen LogP contribution < -0.4 is 0 Å². The maximum Gasteiger partial charge on any atom is 0.248 e. The van der Waals surface area contributed by atoms with Gasteiger partial charge in [0.2, 0.25) is 5.91 Å². The lowest BCUT2D eigenvalue weighted by Crippen LogP contribution is -2.49. The van der Waals surface area contributed by atoms with Gasteiger partial charge in [0.15, 0.2) is 0 Å². The van der Waals surface area contributed by atoms with Crippen molar-refractivity contribution in [2.24, 2.45) is 5.92 Å². The molecule has 1 aromatic heterocycles. The number of amides is 1. The zero-order valence-electron chi connectivity index (χ0n) is 21.2. The maximum atomic E-state index is 13.4. The lowest BCUT2D eigenvalue weighted by atomic mass is 9.84. The maximum absolute atomic E-state index is 13.4. The largest absolute Gasteiger partial charge is 0.375 e. The van der Waals surface area contributed by atoms with Gasteiger partial charge in [-0.25, -0.2) is 4.39 Å². The van der Waals surface area contributed by atoms with E-state index in [1.54, 1.807) is 7.11 Å². The van der Waals surface area contributed by atoms with Crippen molar-refractivity contribution < 1.29 is 13.9 Å². The molecule has 0 bridgehead atoms. The van der Waals surface area contributed by atoms with E-state index in [4.69, 9.17) is 4.74 Å². The molecule has 0 radical (unpaired) electrons. The van der Waals surface area contributed by atoms with Gasteiger partial charge >= 0.3 is 0 Å². The number of likely N-dealkylation sites (N-methyl/N-ethyl adjacent to an activating group) is 1. The van der Waals surface area contributed by atoms with Gasteiger partial charge in [-0.1, -0.05) is 30.3 Å². The van der Waals surface area contributed by atoms with Crippen LogP contribution in [0.15, 0.2) is 54.7 Å². The highest BCUT2D eigenvalue weighted by Crippen LogP contribution is 2.29. The molecule has 35 heavy (non-hydrogen) atoms. The number of hydrogen-bond acceptors (Lipinski definition) is 3. The molecular weight excluding hydrogens is 441 g/mol. The number of nitrogens with one attached hydrogen (secondary N) is 1. The van der Waals surface area contributed by atoms with Crippen LogP contribution in [0.1, 0.15) is 37.3 Å². The number of ether oxygens (including phenoxy) is 1. The minimum absolute atomic E-state index is 0.00543. The highest BCUT2D eigenvalue weighted by atomic mass is 19.1. The number of aryl methyl sites for hydroxylation is 1. The van der Waals surface area contributed by atoms with Crippen molar-refractivity contribution >= 4 is 16.8 Å². The molecule has 4 rings (SSSR count). The Morgan fingerprint density at radius 3 is 2.60 bits per heavy atom. The van der Waals surface area contributed by atoms with Gasteiger partial charge in [0.05, 0.1) is 0 Å². The molecule has 1 fully saturated rings. The number of carbonyl (C=O) groups excluding carboxylic acids is 1. The zero-order chi connectivity index (χ0) is 24.8. The Kier molecular flexibility index (Phi) is 8.58. The third-order valence-electron chi connectivity index (χ3n) is 7.76. The van der Waals surface area contributed by atoms with Gasteiger partial charge in [-0.3, -0.25) is 4.79 Å². The number of fused-ring (bicyclic) bond motifs is 1. The molecule has 6 heteroatoms. The third kappa shape index (κ3) is 6.30. The number of aromatic amines is 1. The number of H-pyrrole nitrogens is 1. The summed E-state index contributed by atoms with van der Waals surface area (Å²) in [4.78, 5) is 20.5. The van der Waals surface area contributed by atoms with Crippen LogP contribution >= 0.6 is 0 Å². The number of methoxy groups -OCH3 is 1. The van der Waals surface area contributed by atoms with E-state index in [1.165, 1.54) is 28.6 Å². The van der Waals surface area contributed by atoms with E-state index < -0.39 is 0 Å². The molecule has 2 heterocycles. The number of aromatic nitrogens is 1. The SMILES string of the molecule is COCC(=O)N(C)[C@@H](Cc1ccc(F)cc1)C1CCN([C@H](C)CCc2c[nH]c3ccccc23)CC1. The van der Waals surface area contributed by atoms with E-state index in [1.807, 2.05) is 24.1 Å². The third-order valence-corrected chi connectivity index (χ3v) is 7.76. The molecule has 188 valence electrons. The van der Waals surface area contributed by atoms with Crippen LogP contribution in [-0.4, -0.2) is 66.6 Å². The molecule has 0 saturated carbocycles. The number of likely N-dealkylation sites (tertiary alicyclic amines) is 1. The number of halogens is 1. The Bertz CT molecular complexity index is 1090. The van der Waals surface area contributed by atoms with E-state index in [-0.39, 0.29) is 24.4 Å². The van der Waals surface area contributed by atoms with Crippen LogP contribution in [0.3, 0.4) is 0 Å². The van der Waals surface area contributed by atoms with Crippen LogP contribution in [0, 0.1) is 11.7 Å². The van der Waals surface area contributed by atoms with Gasteiger partial charge in [0.1, 0.15) is 12.4 Å². The topological polar surface area (TPSA) is 48.6 Å². The summed E-state index contributed by atoms with van der Waals surface area (Å²) in [6, 6.07) is 15.7. The first-order valence-electron chi connectivity index (χ1n) is 12.7. The number of para-hydroxylation sites is 1. The van der Waals surface area contributed by atoms with Crippen molar-refractivity contribution in [3.8, 4) is 0 Å². The fourth-order valence-electron chi connectivity index (χ4n) is 5.52. The molecule has 1 N–H and O–H groups in total. The fraction of sp³-hybridized carbons (Fsp3) is 0.483. The fourth-order valence-corrected chi connectivity index (χ4v) is 5.52. The first-order valence-corrected chi connectivity index (χ1v) is 12.7. The van der Waals surface area contributed by atoms with Gasteiger partial charge in [-0.15, -0.1) is 0 Å². The number of rotatable bonds is 10. The average molecular weight is 480 g/mol. The smallest absolute Gasteiger partial charge is 0.248 e. The predicted octanol–water partition coefficient (Wildman–Crippen LogP) is 5.06. The zero-order valence-corrected chi connectivity index (χ0v) is 21.2. The normalized spacial score (nSPS) is 16.9. The highest BCUT2D eigenvalue weighted by Gasteiger charge is 2.32. The summed E-state index contributed by atoms with van der Waals surface area (Å²) in [7, 11) is 3.43. The van der Waals surface area contributed by atoms with Gasteiger partial charge in [0.25, 0.3) is 0 Å². The van der Waals surface area contributed by atoms with Crippen LogP contribution in [0.4, 0.5) is 4.39 Å². The van der Waals surface area contributed by atoms with Gasteiger partial charge < -0.3 is 19.5 Å². The quantitative estimate of drug-likeness (QED) is 0.442. The number of hydrogen-bond donors (Lipinski definition) is 1. The van der Waals surface area contributed by atoms with E-state index in [0.29, 0.717) is 12.0 Å². The molecule has 1 aliphatic heterocycles. The van der Waals surface area contributed by atoms with Crippen LogP contribution in [-0.2, 0) is 22.4 Å². The molecule has 2 atom stereocenters. The summed E-state index contributed by atoms with van der Waals surface area (Å²) in [5, 5.41) is 1.32. The summed E-state index contributed by atoms with van der Waals surface area (Å²) >= 11 is 0. The van der Waals surface area contributed by atoms with Crippen LogP contribution in [0.5, 0.6) is 0 Å². The predicted molar refractivity (Wildman–Crippen MR) is 139 cm³/mol. The van der Waals surface area contributed by atoms with E-state index >= 15 is 0 Å². The standard InChI is InChI=1S/C29H38FN3O2/c1-21(8-11-24-19-31-27-7-5-4-6-26(24)27)33-16-14-23(15-17-33)28(32(2)29(34)20-35-3)18-22-9-12-25(30)13-10-22/h4-7,9-10,12-13,19,21,23,28,31H,8,11,14-18,20H2,1-3H3/t21-,28+/m1/s1. The molecule has 0 spiro atoms. The molecule has 5 nitrogen and oxygen atoms in total. The lowest BCUT2D eigenvalue weighted by molar-refractivity contribution is -0.137. The van der Waals surface area contributed by atoms with E-state index in [9.17, 15) is 9.18 Å². The van der Waals surface area contributed by atoms with Gasteiger partial charge in [-0.2, -0.15) is 0 Å². The first kappa shape index (κ1) is 25.4. The lowest BCUT2D eigenvalue weighted by Gasteiger charge is -2.42. The van der Waals surface area contributed by atoms with E-state index in [0.717, 1.165) is 50.8 Å². The Balaban J connectivity index is 1.35. The summed E-state index contributed by atoms with van der Waals surface area (Å²) in [5.74, 6) is 0.168. The Labute approximate surface area is 208 Å². The van der Waals surface area contributed by atoms with Crippen LogP contribution in [0.2, 0.25) is 0 Å². The van der Waals surface area contributed by atoms with E-state index in [2.05, 4.69) is 47.3 Å². The monoisotopic (exact) mass is 479 g/mol. The molecular formula is C29H38FN3O2. The van der Waals surface area contributed by atoms with Crippen LogP contribution in [0.25, 0.3) is 10.9 Å². The molecule has 1 aliphatic rings. The van der Waals surface area contributed by atoms with Crippen molar-refractivity contribution in [3.63, 3.8) is 0 Å². The molecule has 1 amide bonds. The van der Waals surface area contributed by atoms with Crippen molar-refractivity contribution in [1.82, 2.24) is 14.8 Å². The number of nitrogens with zero attached hydrogens (tertiary/aromatic N) is 2. The van der Waals surface area contributed by atoms with Crippen molar-refractivity contribution in [2.45, 2.75) is 51.1 Å². The Morgan fingerprint density at radius 2 is 1.89 bits per heavy atom. The van der Waals surface area contributed by atoms with Crippen molar-refractivity contribution in [3.05, 3.63) is 71.7 Å². The Morgan fingerprint density at radius 1 is 1.17 bits per heavy atom. The molecule has 3 aromatic rings. The minimum atomic E-state index is -0.232. The molecule has 1 saturated heterocycles. The number of benzene rings is 2. The molecule has 0 aliphatic carbocycles. The minimum Gasteiger partial charge on any atom is -0.375 e. The van der Waals surface area contributed by atoms with Gasteiger partial charge in [0, 0.05) is 43.3 Å². The van der Waals surface area contributed by atoms with Crippen molar-refractivity contribution in [1.29, 1.82) is 0 Å². The summed E-state index contributed by atoms with van der Waals surface area (Å²) in [5.41, 5.74) is 3.65.